The molecule has 0 aromatic carbocycles. The molecule has 0 aliphatic carbocycles. The summed E-state index contributed by atoms with van der Waals surface area (Å²) < 4.78 is 0. The Morgan fingerprint density at radius 2 is 1.44 bits per heavy atom. The van der Waals surface area contributed by atoms with E-state index in [0.29, 0.717) is 0 Å². The SMILES string of the molecule is CC(C)N1CCNCC1.CCN(CC)CC. The summed E-state index contributed by atoms with van der Waals surface area (Å²) in [5.41, 5.74) is 0. The van der Waals surface area contributed by atoms with Crippen LogP contribution in [0.4, 0.5) is 0 Å². The van der Waals surface area contributed by atoms with Gasteiger partial charge in [-0.25, -0.2) is 0 Å². The van der Waals surface area contributed by atoms with Crippen LogP contribution in [0.5, 0.6) is 0 Å². The standard InChI is InChI=1S/C7H16N2.C6H15N/c1-7(2)9-5-3-8-4-6-9;1-4-7(5-2)6-3/h7-8H,3-6H2,1-2H3;4-6H2,1-3H3. The van der Waals surface area contributed by atoms with Gasteiger partial charge in [0.05, 0.1) is 0 Å². The van der Waals surface area contributed by atoms with Gasteiger partial charge in [-0.1, -0.05) is 20.8 Å². The van der Waals surface area contributed by atoms with E-state index in [1.165, 1.54) is 32.7 Å². The number of nitrogens with one attached hydrogen (secondary N) is 1. The fourth-order valence-corrected chi connectivity index (χ4v) is 1.87. The van der Waals surface area contributed by atoms with Gasteiger partial charge in [-0.2, -0.15) is 0 Å². The lowest BCUT2D eigenvalue weighted by molar-refractivity contribution is 0.196. The smallest absolute Gasteiger partial charge is 0.0110 e. The summed E-state index contributed by atoms with van der Waals surface area (Å²) in [6, 6.07) is 0.729. The molecule has 0 unspecified atom stereocenters. The minimum Gasteiger partial charge on any atom is -0.314 e. The Morgan fingerprint density at radius 3 is 1.62 bits per heavy atom. The van der Waals surface area contributed by atoms with Gasteiger partial charge in [-0.05, 0) is 33.5 Å². The Labute approximate surface area is 102 Å². The quantitative estimate of drug-likeness (QED) is 0.791. The molecule has 0 radical (unpaired) electrons. The van der Waals surface area contributed by atoms with E-state index in [1.54, 1.807) is 0 Å². The summed E-state index contributed by atoms with van der Waals surface area (Å²) in [5, 5.41) is 3.33. The van der Waals surface area contributed by atoms with Crippen molar-refractivity contribution in [3.63, 3.8) is 0 Å². The zero-order valence-electron chi connectivity index (χ0n) is 11.9. The molecule has 3 nitrogen and oxygen atoms in total. The summed E-state index contributed by atoms with van der Waals surface area (Å²) in [6.07, 6.45) is 0. The predicted octanol–water partition coefficient (Wildman–Crippen LogP) is 1.65. The van der Waals surface area contributed by atoms with Gasteiger partial charge in [0.25, 0.3) is 0 Å². The Balaban J connectivity index is 0.000000293. The minimum atomic E-state index is 0.729. The van der Waals surface area contributed by atoms with Crippen molar-refractivity contribution in [1.29, 1.82) is 0 Å². The topological polar surface area (TPSA) is 18.5 Å². The molecule has 16 heavy (non-hydrogen) atoms. The maximum Gasteiger partial charge on any atom is 0.0110 e. The molecular formula is C13H31N3. The Bertz CT molecular complexity index is 133. The molecule has 0 bridgehead atoms. The predicted molar refractivity (Wildman–Crippen MR) is 73.0 cm³/mol. The average molecular weight is 229 g/mol. The van der Waals surface area contributed by atoms with Crippen LogP contribution >= 0.6 is 0 Å². The van der Waals surface area contributed by atoms with Crippen LogP contribution in [0.2, 0.25) is 0 Å². The van der Waals surface area contributed by atoms with Crippen molar-refractivity contribution in [2.45, 2.75) is 40.7 Å². The molecule has 0 aromatic heterocycles. The Hall–Kier alpha value is -0.120. The molecule has 0 aromatic rings. The van der Waals surface area contributed by atoms with Crippen LogP contribution in [0.3, 0.4) is 0 Å². The van der Waals surface area contributed by atoms with E-state index in [1.807, 2.05) is 0 Å². The van der Waals surface area contributed by atoms with Crippen molar-refractivity contribution in [2.24, 2.45) is 0 Å². The Kier molecular flexibility index (Phi) is 9.99. The molecule has 0 spiro atoms. The van der Waals surface area contributed by atoms with Crippen LogP contribution in [0.1, 0.15) is 34.6 Å². The number of nitrogens with zero attached hydrogens (tertiary/aromatic N) is 2. The highest BCUT2D eigenvalue weighted by molar-refractivity contribution is 4.69. The third-order valence-electron chi connectivity index (χ3n) is 3.22. The highest BCUT2D eigenvalue weighted by atomic mass is 15.2. The van der Waals surface area contributed by atoms with Crippen LogP contribution in [-0.4, -0.2) is 61.7 Å². The van der Waals surface area contributed by atoms with E-state index in [0.717, 1.165) is 19.1 Å². The lowest BCUT2D eigenvalue weighted by Gasteiger charge is -2.30. The highest BCUT2D eigenvalue weighted by Gasteiger charge is 2.11. The van der Waals surface area contributed by atoms with E-state index >= 15 is 0 Å². The summed E-state index contributed by atoms with van der Waals surface area (Å²) in [7, 11) is 0. The largest absolute Gasteiger partial charge is 0.314 e. The van der Waals surface area contributed by atoms with Gasteiger partial charge in [-0.3, -0.25) is 4.90 Å². The van der Waals surface area contributed by atoms with Gasteiger partial charge in [-0.15, -0.1) is 0 Å². The van der Waals surface area contributed by atoms with E-state index in [-0.39, 0.29) is 0 Å². The maximum absolute atomic E-state index is 3.33. The van der Waals surface area contributed by atoms with E-state index in [2.05, 4.69) is 49.7 Å². The van der Waals surface area contributed by atoms with Crippen molar-refractivity contribution >= 4 is 0 Å². The Morgan fingerprint density at radius 1 is 1.00 bits per heavy atom. The molecule has 0 saturated carbocycles. The molecule has 1 N–H and O–H groups in total. The normalized spacial score (nSPS) is 17.4. The first-order valence-corrected chi connectivity index (χ1v) is 6.82. The summed E-state index contributed by atoms with van der Waals surface area (Å²) >= 11 is 0. The van der Waals surface area contributed by atoms with Crippen LogP contribution < -0.4 is 5.32 Å². The van der Waals surface area contributed by atoms with Crippen LogP contribution in [0.25, 0.3) is 0 Å². The average Bonchev–Trinajstić information content (AvgIpc) is 2.33. The fourth-order valence-electron chi connectivity index (χ4n) is 1.87. The van der Waals surface area contributed by atoms with Crippen LogP contribution in [0.15, 0.2) is 0 Å². The molecule has 98 valence electrons. The number of piperazine rings is 1. The number of hydrogen-bond donors (Lipinski definition) is 1. The van der Waals surface area contributed by atoms with Crippen molar-refractivity contribution in [3.8, 4) is 0 Å². The third-order valence-corrected chi connectivity index (χ3v) is 3.22. The van der Waals surface area contributed by atoms with E-state index < -0.39 is 0 Å². The van der Waals surface area contributed by atoms with Gasteiger partial charge in [0.2, 0.25) is 0 Å². The summed E-state index contributed by atoms with van der Waals surface area (Å²) in [5.74, 6) is 0. The van der Waals surface area contributed by atoms with Gasteiger partial charge in [0, 0.05) is 32.2 Å². The van der Waals surface area contributed by atoms with E-state index in [9.17, 15) is 0 Å². The van der Waals surface area contributed by atoms with Crippen molar-refractivity contribution in [3.05, 3.63) is 0 Å². The van der Waals surface area contributed by atoms with Gasteiger partial charge < -0.3 is 10.2 Å². The van der Waals surface area contributed by atoms with E-state index in [4.69, 9.17) is 0 Å². The first-order valence-electron chi connectivity index (χ1n) is 6.82. The zero-order valence-corrected chi connectivity index (χ0v) is 11.9. The molecule has 0 atom stereocenters. The second-order valence-electron chi connectivity index (χ2n) is 4.50. The van der Waals surface area contributed by atoms with Gasteiger partial charge in [0.1, 0.15) is 0 Å². The number of hydrogen-bond acceptors (Lipinski definition) is 3. The molecule has 1 aliphatic heterocycles. The first kappa shape index (κ1) is 15.9. The molecule has 1 aliphatic rings. The number of rotatable bonds is 4. The van der Waals surface area contributed by atoms with Gasteiger partial charge in [0.15, 0.2) is 0 Å². The lowest BCUT2D eigenvalue weighted by Crippen LogP contribution is -2.46. The first-order chi connectivity index (χ1) is 7.65. The molecule has 3 heteroatoms. The molecule has 1 rings (SSSR count). The second-order valence-corrected chi connectivity index (χ2v) is 4.50. The van der Waals surface area contributed by atoms with Crippen LogP contribution in [0, 0.1) is 0 Å². The fraction of sp³-hybridized carbons (Fsp3) is 1.00. The molecule has 1 fully saturated rings. The monoisotopic (exact) mass is 229 g/mol. The zero-order chi connectivity index (χ0) is 12.4. The molecule has 1 heterocycles. The molecular weight excluding hydrogens is 198 g/mol. The molecule has 1 saturated heterocycles. The third kappa shape index (κ3) is 7.20. The minimum absolute atomic E-state index is 0.729. The summed E-state index contributed by atoms with van der Waals surface area (Å²) in [4.78, 5) is 4.87. The van der Waals surface area contributed by atoms with Crippen molar-refractivity contribution in [2.75, 3.05) is 45.8 Å². The highest BCUT2D eigenvalue weighted by Crippen LogP contribution is 1.97. The lowest BCUT2D eigenvalue weighted by atomic mass is 10.3. The van der Waals surface area contributed by atoms with Crippen molar-refractivity contribution in [1.82, 2.24) is 15.1 Å². The van der Waals surface area contributed by atoms with Crippen molar-refractivity contribution < 1.29 is 0 Å². The molecule has 0 amide bonds. The maximum atomic E-state index is 3.33. The van der Waals surface area contributed by atoms with Gasteiger partial charge >= 0.3 is 0 Å². The van der Waals surface area contributed by atoms with Crippen LogP contribution in [-0.2, 0) is 0 Å². The summed E-state index contributed by atoms with van der Waals surface area (Å²) in [6.45, 7) is 19.4. The second kappa shape index (κ2) is 10.1.